The SMILES string of the molecule is CC1CCN(S(=O)(=O)c2ccc(C(=O)OC(C)C(=O)NC(=O)Nc3ccccc3)cc2)CC1. The summed E-state index contributed by atoms with van der Waals surface area (Å²) in [4.78, 5) is 36.5. The molecule has 0 radical (unpaired) electrons. The van der Waals surface area contributed by atoms with Crippen LogP contribution in [0.5, 0.6) is 0 Å². The van der Waals surface area contributed by atoms with Crippen molar-refractivity contribution < 1.29 is 27.5 Å². The number of carbonyl (C=O) groups excluding carboxylic acids is 3. The Hall–Kier alpha value is -3.24. The number of amides is 3. The second kappa shape index (κ2) is 10.6. The number of sulfonamides is 1. The Morgan fingerprint density at radius 1 is 1.00 bits per heavy atom. The minimum absolute atomic E-state index is 0.0922. The van der Waals surface area contributed by atoms with Crippen LogP contribution in [-0.2, 0) is 19.6 Å². The van der Waals surface area contributed by atoms with Gasteiger partial charge in [-0.3, -0.25) is 10.1 Å². The molecule has 0 spiro atoms. The molecule has 1 aliphatic rings. The van der Waals surface area contributed by atoms with Crippen molar-refractivity contribution in [1.29, 1.82) is 0 Å². The van der Waals surface area contributed by atoms with E-state index in [1.54, 1.807) is 30.3 Å². The summed E-state index contributed by atoms with van der Waals surface area (Å²) >= 11 is 0. The molecular formula is C23H27N3O6S. The van der Waals surface area contributed by atoms with Crippen LogP contribution in [0.15, 0.2) is 59.5 Å². The lowest BCUT2D eigenvalue weighted by molar-refractivity contribution is -0.127. The Morgan fingerprint density at radius 2 is 1.61 bits per heavy atom. The Balaban J connectivity index is 1.55. The first-order valence-corrected chi connectivity index (χ1v) is 12.1. The van der Waals surface area contributed by atoms with Crippen LogP contribution in [0, 0.1) is 5.92 Å². The molecule has 1 heterocycles. The van der Waals surface area contributed by atoms with Crippen molar-refractivity contribution in [3.05, 3.63) is 60.2 Å². The average molecular weight is 474 g/mol. The lowest BCUT2D eigenvalue weighted by Crippen LogP contribution is -2.41. The van der Waals surface area contributed by atoms with Crippen LogP contribution in [0.2, 0.25) is 0 Å². The molecule has 2 aromatic rings. The van der Waals surface area contributed by atoms with Crippen LogP contribution in [0.25, 0.3) is 0 Å². The van der Waals surface area contributed by atoms with Crippen LogP contribution < -0.4 is 10.6 Å². The smallest absolute Gasteiger partial charge is 0.338 e. The van der Waals surface area contributed by atoms with Gasteiger partial charge in [0.05, 0.1) is 10.5 Å². The van der Waals surface area contributed by atoms with Gasteiger partial charge in [-0.2, -0.15) is 4.31 Å². The van der Waals surface area contributed by atoms with Crippen molar-refractivity contribution in [3.8, 4) is 0 Å². The number of ether oxygens (including phenoxy) is 1. The van der Waals surface area contributed by atoms with Gasteiger partial charge in [-0.15, -0.1) is 0 Å². The second-order valence-electron chi connectivity index (χ2n) is 7.97. The largest absolute Gasteiger partial charge is 0.449 e. The van der Waals surface area contributed by atoms with Crippen molar-refractivity contribution in [2.24, 2.45) is 5.92 Å². The fraction of sp³-hybridized carbons (Fsp3) is 0.348. The lowest BCUT2D eigenvalue weighted by atomic mass is 10.0. The van der Waals surface area contributed by atoms with E-state index in [9.17, 15) is 22.8 Å². The molecule has 9 nitrogen and oxygen atoms in total. The van der Waals surface area contributed by atoms with E-state index >= 15 is 0 Å². The summed E-state index contributed by atoms with van der Waals surface area (Å²) in [6.07, 6.45) is 0.387. The number of piperidine rings is 1. The number of hydrogen-bond acceptors (Lipinski definition) is 6. The summed E-state index contributed by atoms with van der Waals surface area (Å²) in [7, 11) is -3.63. The summed E-state index contributed by atoms with van der Waals surface area (Å²) in [6.45, 7) is 4.37. The van der Waals surface area contributed by atoms with Gasteiger partial charge in [0.1, 0.15) is 0 Å². The number of hydrogen-bond donors (Lipinski definition) is 2. The third-order valence-electron chi connectivity index (χ3n) is 5.39. The topological polar surface area (TPSA) is 122 Å². The number of benzene rings is 2. The Bertz CT molecular complexity index is 1090. The zero-order valence-electron chi connectivity index (χ0n) is 18.5. The normalized spacial score (nSPS) is 15.9. The molecule has 1 unspecified atom stereocenters. The number of nitrogens with zero attached hydrogens (tertiary/aromatic N) is 1. The maximum Gasteiger partial charge on any atom is 0.338 e. The molecule has 1 saturated heterocycles. The van der Waals surface area contributed by atoms with E-state index in [1.807, 2.05) is 0 Å². The molecule has 176 valence electrons. The highest BCUT2D eigenvalue weighted by Crippen LogP contribution is 2.23. The molecule has 2 aromatic carbocycles. The summed E-state index contributed by atoms with van der Waals surface area (Å²) in [5.41, 5.74) is 0.594. The van der Waals surface area contributed by atoms with Gasteiger partial charge in [-0.05, 0) is 62.1 Å². The van der Waals surface area contributed by atoms with E-state index < -0.39 is 34.0 Å². The molecule has 0 aromatic heterocycles. The number of urea groups is 1. The molecular weight excluding hydrogens is 446 g/mol. The number of esters is 1. The number of para-hydroxylation sites is 1. The van der Waals surface area contributed by atoms with Gasteiger partial charge in [0, 0.05) is 18.8 Å². The predicted molar refractivity (Wildman–Crippen MR) is 122 cm³/mol. The fourth-order valence-electron chi connectivity index (χ4n) is 3.32. The Kier molecular flexibility index (Phi) is 7.83. The second-order valence-corrected chi connectivity index (χ2v) is 9.91. The van der Waals surface area contributed by atoms with Gasteiger partial charge in [-0.1, -0.05) is 25.1 Å². The summed E-state index contributed by atoms with van der Waals surface area (Å²) in [6, 6.07) is 13.2. The van der Waals surface area contributed by atoms with Gasteiger partial charge in [0.15, 0.2) is 6.10 Å². The zero-order chi connectivity index (χ0) is 24.0. The van der Waals surface area contributed by atoms with Crippen LogP contribution >= 0.6 is 0 Å². The minimum Gasteiger partial charge on any atom is -0.449 e. The third kappa shape index (κ3) is 6.39. The van der Waals surface area contributed by atoms with E-state index in [-0.39, 0.29) is 10.5 Å². The molecule has 0 bridgehead atoms. The van der Waals surface area contributed by atoms with Crippen LogP contribution in [0.1, 0.15) is 37.0 Å². The molecule has 0 aliphatic carbocycles. The molecule has 1 fully saturated rings. The van der Waals surface area contributed by atoms with Crippen LogP contribution in [0.4, 0.5) is 10.5 Å². The molecule has 1 aliphatic heterocycles. The summed E-state index contributed by atoms with van der Waals surface area (Å²) in [5.74, 6) is -1.11. The number of nitrogens with one attached hydrogen (secondary N) is 2. The highest BCUT2D eigenvalue weighted by Gasteiger charge is 2.28. The lowest BCUT2D eigenvalue weighted by Gasteiger charge is -2.29. The van der Waals surface area contributed by atoms with Gasteiger partial charge in [0.2, 0.25) is 10.0 Å². The monoisotopic (exact) mass is 473 g/mol. The highest BCUT2D eigenvalue weighted by atomic mass is 32.2. The predicted octanol–water partition coefficient (Wildman–Crippen LogP) is 3.00. The van der Waals surface area contributed by atoms with E-state index in [4.69, 9.17) is 4.74 Å². The van der Waals surface area contributed by atoms with Gasteiger partial charge in [0.25, 0.3) is 5.91 Å². The van der Waals surface area contributed by atoms with Crippen LogP contribution in [-0.4, -0.2) is 49.8 Å². The molecule has 2 N–H and O–H groups in total. The minimum atomic E-state index is -3.63. The van der Waals surface area contributed by atoms with Crippen molar-refractivity contribution >= 4 is 33.6 Å². The van der Waals surface area contributed by atoms with Gasteiger partial charge >= 0.3 is 12.0 Å². The van der Waals surface area contributed by atoms with Crippen molar-refractivity contribution in [2.75, 3.05) is 18.4 Å². The van der Waals surface area contributed by atoms with Crippen LogP contribution in [0.3, 0.4) is 0 Å². The fourth-order valence-corrected chi connectivity index (χ4v) is 4.79. The van der Waals surface area contributed by atoms with Gasteiger partial charge in [-0.25, -0.2) is 18.0 Å². The molecule has 10 heteroatoms. The third-order valence-corrected chi connectivity index (χ3v) is 7.30. The quantitative estimate of drug-likeness (QED) is 0.622. The number of rotatable bonds is 6. The first-order valence-electron chi connectivity index (χ1n) is 10.6. The zero-order valence-corrected chi connectivity index (χ0v) is 19.3. The number of carbonyl (C=O) groups is 3. The first kappa shape index (κ1) is 24.4. The van der Waals surface area contributed by atoms with E-state index in [0.717, 1.165) is 12.8 Å². The van der Waals surface area contributed by atoms with E-state index in [1.165, 1.54) is 35.5 Å². The summed E-state index contributed by atoms with van der Waals surface area (Å²) < 4.78 is 32.2. The maximum atomic E-state index is 12.8. The molecule has 1 atom stereocenters. The Morgan fingerprint density at radius 3 is 2.21 bits per heavy atom. The first-order chi connectivity index (χ1) is 15.7. The number of imide groups is 1. The van der Waals surface area contributed by atoms with E-state index in [0.29, 0.717) is 24.7 Å². The number of anilines is 1. The summed E-state index contributed by atoms with van der Waals surface area (Å²) in [5, 5.41) is 4.59. The molecule has 3 amide bonds. The van der Waals surface area contributed by atoms with Crippen molar-refractivity contribution in [2.45, 2.75) is 37.7 Å². The van der Waals surface area contributed by atoms with Gasteiger partial charge < -0.3 is 10.1 Å². The Labute approximate surface area is 193 Å². The highest BCUT2D eigenvalue weighted by molar-refractivity contribution is 7.89. The van der Waals surface area contributed by atoms with E-state index in [2.05, 4.69) is 17.6 Å². The average Bonchev–Trinajstić information content (AvgIpc) is 2.80. The molecule has 0 saturated carbocycles. The van der Waals surface area contributed by atoms with Crippen molar-refractivity contribution in [3.63, 3.8) is 0 Å². The maximum absolute atomic E-state index is 12.8. The van der Waals surface area contributed by atoms with Crippen molar-refractivity contribution in [1.82, 2.24) is 9.62 Å². The standard InChI is InChI=1S/C23H27N3O6S/c1-16-12-14-26(15-13-16)33(30,31)20-10-8-18(9-11-20)22(28)32-17(2)21(27)25-23(29)24-19-6-4-3-5-7-19/h3-11,16-17H,12-15H2,1-2H3,(H2,24,25,27,29). The molecule has 3 rings (SSSR count). The molecule has 33 heavy (non-hydrogen) atoms.